The van der Waals surface area contributed by atoms with E-state index >= 15 is 0 Å². The number of hydrogen-bond acceptors (Lipinski definition) is 5. The zero-order chi connectivity index (χ0) is 12.2. The molecule has 1 aromatic rings. The van der Waals surface area contributed by atoms with Gasteiger partial charge < -0.3 is 9.15 Å². The van der Waals surface area contributed by atoms with E-state index in [2.05, 4.69) is 4.74 Å². The fourth-order valence-corrected chi connectivity index (χ4v) is 2.40. The number of sulfone groups is 1. The first kappa shape index (κ1) is 12.8. The van der Waals surface area contributed by atoms with Crippen molar-refractivity contribution in [3.8, 4) is 0 Å². The number of ether oxygens (including phenoxy) is 1. The summed E-state index contributed by atoms with van der Waals surface area (Å²) in [5.74, 6) is -0.924. The number of carbonyl (C=O) groups excluding carboxylic acids is 1. The Morgan fingerprint density at radius 1 is 1.56 bits per heavy atom. The Kier molecular flexibility index (Phi) is 4.12. The second kappa shape index (κ2) is 5.16. The summed E-state index contributed by atoms with van der Waals surface area (Å²) >= 11 is 0. The molecule has 0 fully saturated rings. The second-order valence-corrected chi connectivity index (χ2v) is 5.78. The third kappa shape index (κ3) is 4.06. The SMILES string of the molecule is COC(=O)C(Cc1ccco1)CS(C)(=O)=O. The van der Waals surface area contributed by atoms with Crippen LogP contribution in [0.5, 0.6) is 0 Å². The largest absolute Gasteiger partial charge is 0.469 e. The molecule has 0 bridgehead atoms. The van der Waals surface area contributed by atoms with E-state index in [9.17, 15) is 13.2 Å². The van der Waals surface area contributed by atoms with Gasteiger partial charge in [-0.1, -0.05) is 0 Å². The highest BCUT2D eigenvalue weighted by molar-refractivity contribution is 7.90. The molecule has 6 heteroatoms. The second-order valence-electron chi connectivity index (χ2n) is 3.60. The van der Waals surface area contributed by atoms with E-state index in [0.29, 0.717) is 5.76 Å². The topological polar surface area (TPSA) is 73.6 Å². The molecule has 1 unspecified atom stereocenters. The van der Waals surface area contributed by atoms with Crippen molar-refractivity contribution in [2.75, 3.05) is 19.1 Å². The molecule has 1 aromatic heterocycles. The predicted octanol–water partition coefficient (Wildman–Crippen LogP) is 0.656. The van der Waals surface area contributed by atoms with Crippen LogP contribution < -0.4 is 0 Å². The van der Waals surface area contributed by atoms with Crippen molar-refractivity contribution >= 4 is 15.8 Å². The maximum Gasteiger partial charge on any atom is 0.310 e. The highest BCUT2D eigenvalue weighted by Crippen LogP contribution is 2.13. The van der Waals surface area contributed by atoms with Crippen LogP contribution in [0.2, 0.25) is 0 Å². The molecule has 0 aliphatic heterocycles. The molecular weight excluding hydrogens is 232 g/mol. The van der Waals surface area contributed by atoms with Crippen LogP contribution in [0.4, 0.5) is 0 Å². The summed E-state index contributed by atoms with van der Waals surface area (Å²) in [4.78, 5) is 11.4. The summed E-state index contributed by atoms with van der Waals surface area (Å²) in [6.45, 7) is 0. The molecule has 0 saturated carbocycles. The van der Waals surface area contributed by atoms with E-state index < -0.39 is 21.7 Å². The zero-order valence-corrected chi connectivity index (χ0v) is 9.99. The van der Waals surface area contributed by atoms with E-state index in [1.807, 2.05) is 0 Å². The molecule has 0 spiro atoms. The smallest absolute Gasteiger partial charge is 0.310 e. The zero-order valence-electron chi connectivity index (χ0n) is 9.17. The van der Waals surface area contributed by atoms with Gasteiger partial charge in [0.1, 0.15) is 15.6 Å². The number of carbonyl (C=O) groups is 1. The summed E-state index contributed by atoms with van der Waals surface area (Å²) in [7, 11) is -1.99. The molecule has 90 valence electrons. The lowest BCUT2D eigenvalue weighted by Gasteiger charge is -2.11. The molecule has 16 heavy (non-hydrogen) atoms. The van der Waals surface area contributed by atoms with E-state index in [0.717, 1.165) is 6.26 Å². The van der Waals surface area contributed by atoms with Crippen LogP contribution in [0.25, 0.3) is 0 Å². The van der Waals surface area contributed by atoms with Crippen molar-refractivity contribution in [3.63, 3.8) is 0 Å². The first-order valence-corrected chi connectivity index (χ1v) is 6.76. The average Bonchev–Trinajstić information content (AvgIpc) is 2.66. The van der Waals surface area contributed by atoms with E-state index in [1.165, 1.54) is 13.4 Å². The Morgan fingerprint density at radius 2 is 2.25 bits per heavy atom. The summed E-state index contributed by atoms with van der Waals surface area (Å²) < 4.78 is 31.9. The maximum atomic E-state index is 11.4. The number of methoxy groups -OCH3 is 1. The fourth-order valence-electron chi connectivity index (χ4n) is 1.41. The van der Waals surface area contributed by atoms with Gasteiger partial charge in [-0.05, 0) is 12.1 Å². The average molecular weight is 246 g/mol. The molecule has 5 nitrogen and oxygen atoms in total. The highest BCUT2D eigenvalue weighted by atomic mass is 32.2. The van der Waals surface area contributed by atoms with Crippen LogP contribution in [0.15, 0.2) is 22.8 Å². The van der Waals surface area contributed by atoms with Crippen LogP contribution in [0.1, 0.15) is 5.76 Å². The van der Waals surface area contributed by atoms with Crippen LogP contribution in [0.3, 0.4) is 0 Å². The molecular formula is C10H14O5S. The molecule has 0 amide bonds. The van der Waals surface area contributed by atoms with Gasteiger partial charge in [0.15, 0.2) is 0 Å². The van der Waals surface area contributed by atoms with Gasteiger partial charge in [-0.2, -0.15) is 0 Å². The molecule has 0 aromatic carbocycles. The Hall–Kier alpha value is -1.30. The lowest BCUT2D eigenvalue weighted by Crippen LogP contribution is -2.26. The molecule has 0 N–H and O–H groups in total. The Bertz CT molecular complexity index is 432. The maximum absolute atomic E-state index is 11.4. The van der Waals surface area contributed by atoms with Gasteiger partial charge >= 0.3 is 5.97 Å². The lowest BCUT2D eigenvalue weighted by molar-refractivity contribution is -0.144. The molecule has 0 saturated heterocycles. The predicted molar refractivity (Wildman–Crippen MR) is 57.6 cm³/mol. The van der Waals surface area contributed by atoms with E-state index in [4.69, 9.17) is 4.42 Å². The van der Waals surface area contributed by atoms with Gasteiger partial charge in [-0.3, -0.25) is 4.79 Å². The molecule has 0 aliphatic rings. The van der Waals surface area contributed by atoms with Crippen molar-refractivity contribution in [1.82, 2.24) is 0 Å². The first-order valence-electron chi connectivity index (χ1n) is 4.70. The van der Waals surface area contributed by atoms with Gasteiger partial charge in [-0.15, -0.1) is 0 Å². The van der Waals surface area contributed by atoms with Crippen LogP contribution in [-0.4, -0.2) is 33.5 Å². The minimum absolute atomic E-state index is 0.229. The normalized spacial score (nSPS) is 13.4. The monoisotopic (exact) mass is 246 g/mol. The molecule has 0 aliphatic carbocycles. The van der Waals surface area contributed by atoms with Gasteiger partial charge in [0.2, 0.25) is 0 Å². The van der Waals surface area contributed by atoms with Crippen LogP contribution in [0, 0.1) is 5.92 Å². The summed E-state index contributed by atoms with van der Waals surface area (Å²) in [5, 5.41) is 0. The van der Waals surface area contributed by atoms with Gasteiger partial charge in [0, 0.05) is 12.7 Å². The number of furan rings is 1. The summed E-state index contributed by atoms with van der Waals surface area (Å²) in [6.07, 6.45) is 2.79. The van der Waals surface area contributed by atoms with Crippen molar-refractivity contribution in [3.05, 3.63) is 24.2 Å². The van der Waals surface area contributed by atoms with Crippen molar-refractivity contribution < 1.29 is 22.4 Å². The van der Waals surface area contributed by atoms with Gasteiger partial charge in [-0.25, -0.2) is 8.42 Å². The lowest BCUT2D eigenvalue weighted by atomic mass is 10.1. The van der Waals surface area contributed by atoms with E-state index in [1.54, 1.807) is 12.1 Å². The minimum Gasteiger partial charge on any atom is -0.469 e. The van der Waals surface area contributed by atoms with Gasteiger partial charge in [0.05, 0.1) is 25.0 Å². The van der Waals surface area contributed by atoms with E-state index in [-0.39, 0.29) is 12.2 Å². The number of esters is 1. The summed E-state index contributed by atoms with van der Waals surface area (Å²) in [5.41, 5.74) is 0. The molecule has 1 atom stereocenters. The van der Waals surface area contributed by atoms with Crippen LogP contribution in [-0.2, 0) is 25.8 Å². The number of rotatable bonds is 5. The Morgan fingerprint density at radius 3 is 2.69 bits per heavy atom. The highest BCUT2D eigenvalue weighted by Gasteiger charge is 2.25. The van der Waals surface area contributed by atoms with Crippen molar-refractivity contribution in [2.45, 2.75) is 6.42 Å². The first-order chi connectivity index (χ1) is 7.42. The third-order valence-electron chi connectivity index (χ3n) is 2.07. The minimum atomic E-state index is -3.22. The number of hydrogen-bond donors (Lipinski definition) is 0. The third-order valence-corrected chi connectivity index (χ3v) is 3.07. The van der Waals surface area contributed by atoms with Crippen molar-refractivity contribution in [1.29, 1.82) is 0 Å². The van der Waals surface area contributed by atoms with Crippen molar-refractivity contribution in [2.24, 2.45) is 5.92 Å². The quantitative estimate of drug-likeness (QED) is 0.713. The molecule has 1 heterocycles. The van der Waals surface area contributed by atoms with Crippen LogP contribution >= 0.6 is 0 Å². The fraction of sp³-hybridized carbons (Fsp3) is 0.500. The molecule has 0 radical (unpaired) electrons. The Labute approximate surface area is 94.3 Å². The molecule has 1 rings (SSSR count). The summed E-state index contributed by atoms with van der Waals surface area (Å²) in [6, 6.07) is 3.38. The van der Waals surface area contributed by atoms with Gasteiger partial charge in [0.25, 0.3) is 0 Å². The standard InChI is InChI=1S/C10H14O5S/c1-14-10(11)8(7-16(2,12)13)6-9-4-3-5-15-9/h3-5,8H,6-7H2,1-2H3. The Balaban J connectivity index is 2.76.